The van der Waals surface area contributed by atoms with Crippen LogP contribution in [-0.4, -0.2) is 18.2 Å². The second kappa shape index (κ2) is 5.65. The number of benzene rings is 1. The maximum Gasteiger partial charge on any atom is 0.265 e. The lowest BCUT2D eigenvalue weighted by atomic mass is 10.3. The number of hydrogen-bond acceptors (Lipinski definition) is 3. The molecule has 0 aliphatic rings. The molecule has 8 heteroatoms. The molecule has 0 fully saturated rings. The Morgan fingerprint density at radius 1 is 1.38 bits per heavy atom. The number of rotatable bonds is 4. The number of sulfonamides is 1. The first kappa shape index (κ1) is 15.8. The van der Waals surface area contributed by atoms with Gasteiger partial charge in [0.15, 0.2) is 0 Å². The van der Waals surface area contributed by atoms with Gasteiger partial charge in [0, 0.05) is 6.54 Å². The van der Waals surface area contributed by atoms with Crippen LogP contribution >= 0.6 is 11.6 Å². The molecule has 21 heavy (non-hydrogen) atoms. The predicted molar refractivity (Wildman–Crippen MR) is 79.6 cm³/mol. The lowest BCUT2D eigenvalue weighted by Gasteiger charge is -2.09. The molecular formula is C13H15ClFN3O2S. The Morgan fingerprint density at radius 2 is 2.05 bits per heavy atom. The first-order chi connectivity index (χ1) is 9.76. The SMILES string of the molecule is CCn1nc(C)c(S(=O)(=O)Nc2ccc(F)c(Cl)c2)c1C. The number of aromatic nitrogens is 2. The molecule has 1 N–H and O–H groups in total. The van der Waals surface area contributed by atoms with Gasteiger partial charge < -0.3 is 0 Å². The molecule has 0 amide bonds. The van der Waals surface area contributed by atoms with Gasteiger partial charge in [-0.05, 0) is 39.0 Å². The van der Waals surface area contributed by atoms with Crippen LogP contribution in [0.15, 0.2) is 23.1 Å². The van der Waals surface area contributed by atoms with Crippen LogP contribution in [0, 0.1) is 19.7 Å². The summed E-state index contributed by atoms with van der Waals surface area (Å²) in [6.45, 7) is 5.77. The minimum absolute atomic E-state index is 0.129. The van der Waals surface area contributed by atoms with E-state index in [0.717, 1.165) is 6.07 Å². The van der Waals surface area contributed by atoms with E-state index >= 15 is 0 Å². The summed E-state index contributed by atoms with van der Waals surface area (Å²) in [6, 6.07) is 3.65. The Hall–Kier alpha value is -1.60. The summed E-state index contributed by atoms with van der Waals surface area (Å²) in [7, 11) is -3.81. The van der Waals surface area contributed by atoms with E-state index < -0.39 is 15.8 Å². The fourth-order valence-electron chi connectivity index (χ4n) is 2.14. The lowest BCUT2D eigenvalue weighted by Crippen LogP contribution is -2.15. The fourth-order valence-corrected chi connectivity index (χ4v) is 3.79. The molecule has 0 aliphatic heterocycles. The molecule has 0 atom stereocenters. The van der Waals surface area contributed by atoms with Crippen molar-refractivity contribution in [3.8, 4) is 0 Å². The molecular weight excluding hydrogens is 317 g/mol. The van der Waals surface area contributed by atoms with E-state index in [9.17, 15) is 12.8 Å². The summed E-state index contributed by atoms with van der Waals surface area (Å²) in [6.07, 6.45) is 0. The number of anilines is 1. The summed E-state index contributed by atoms with van der Waals surface area (Å²) < 4.78 is 42.0. The summed E-state index contributed by atoms with van der Waals surface area (Å²) in [4.78, 5) is 0.129. The van der Waals surface area contributed by atoms with Gasteiger partial charge in [0.05, 0.1) is 22.1 Å². The zero-order valence-corrected chi connectivity index (χ0v) is 13.4. The largest absolute Gasteiger partial charge is 0.279 e. The van der Waals surface area contributed by atoms with Crippen molar-refractivity contribution in [2.45, 2.75) is 32.2 Å². The second-order valence-electron chi connectivity index (χ2n) is 4.55. The highest BCUT2D eigenvalue weighted by Gasteiger charge is 2.24. The normalized spacial score (nSPS) is 11.7. The van der Waals surface area contributed by atoms with Gasteiger partial charge >= 0.3 is 0 Å². The van der Waals surface area contributed by atoms with E-state index in [2.05, 4.69) is 9.82 Å². The summed E-state index contributed by atoms with van der Waals surface area (Å²) in [5.41, 5.74) is 1.16. The van der Waals surface area contributed by atoms with Gasteiger partial charge in [0.2, 0.25) is 0 Å². The zero-order chi connectivity index (χ0) is 15.8. The smallest absolute Gasteiger partial charge is 0.265 e. The van der Waals surface area contributed by atoms with Crippen molar-refractivity contribution in [2.75, 3.05) is 4.72 Å². The average molecular weight is 332 g/mol. The van der Waals surface area contributed by atoms with Crippen molar-refractivity contribution in [3.05, 3.63) is 40.4 Å². The summed E-state index contributed by atoms with van der Waals surface area (Å²) >= 11 is 5.65. The Morgan fingerprint density at radius 3 is 2.57 bits per heavy atom. The van der Waals surface area contributed by atoms with Gasteiger partial charge in [0.1, 0.15) is 10.7 Å². The number of nitrogens with zero attached hydrogens (tertiary/aromatic N) is 2. The molecule has 0 spiro atoms. The Kier molecular flexibility index (Phi) is 4.25. The van der Waals surface area contributed by atoms with Gasteiger partial charge in [-0.1, -0.05) is 11.6 Å². The molecule has 1 aromatic heterocycles. The maximum atomic E-state index is 13.1. The standard InChI is InChI=1S/C13H15ClFN3O2S/c1-4-18-9(3)13(8(2)16-18)21(19,20)17-10-5-6-12(15)11(14)7-10/h5-7,17H,4H2,1-3H3. The minimum Gasteiger partial charge on any atom is -0.279 e. The third-order valence-corrected chi connectivity index (χ3v) is 4.98. The highest BCUT2D eigenvalue weighted by molar-refractivity contribution is 7.92. The van der Waals surface area contributed by atoms with Crippen LogP contribution < -0.4 is 4.72 Å². The van der Waals surface area contributed by atoms with Crippen molar-refractivity contribution in [1.82, 2.24) is 9.78 Å². The number of aryl methyl sites for hydroxylation is 2. The average Bonchev–Trinajstić information content (AvgIpc) is 2.68. The molecule has 0 radical (unpaired) electrons. The predicted octanol–water partition coefficient (Wildman–Crippen LogP) is 3.11. The third-order valence-electron chi connectivity index (χ3n) is 3.06. The van der Waals surface area contributed by atoms with E-state index in [-0.39, 0.29) is 15.6 Å². The van der Waals surface area contributed by atoms with Crippen LogP contribution in [0.1, 0.15) is 18.3 Å². The number of halogens is 2. The van der Waals surface area contributed by atoms with Crippen molar-refractivity contribution >= 4 is 27.3 Å². The third kappa shape index (κ3) is 3.03. The first-order valence-electron chi connectivity index (χ1n) is 6.28. The van der Waals surface area contributed by atoms with E-state index in [4.69, 9.17) is 11.6 Å². The monoisotopic (exact) mass is 331 g/mol. The molecule has 0 saturated heterocycles. The molecule has 0 unspecified atom stereocenters. The fraction of sp³-hybridized carbons (Fsp3) is 0.308. The maximum absolute atomic E-state index is 13.1. The van der Waals surface area contributed by atoms with Crippen LogP contribution in [-0.2, 0) is 16.6 Å². The molecule has 0 aliphatic carbocycles. The van der Waals surface area contributed by atoms with E-state index in [1.54, 1.807) is 18.5 Å². The summed E-state index contributed by atoms with van der Waals surface area (Å²) in [5, 5.41) is 4.03. The molecule has 2 rings (SSSR count). The molecule has 114 valence electrons. The van der Waals surface area contributed by atoms with E-state index in [1.807, 2.05) is 6.92 Å². The highest BCUT2D eigenvalue weighted by Crippen LogP contribution is 2.25. The Bertz CT molecular complexity index is 787. The van der Waals surface area contributed by atoms with Crippen molar-refractivity contribution in [1.29, 1.82) is 0 Å². The van der Waals surface area contributed by atoms with Crippen molar-refractivity contribution < 1.29 is 12.8 Å². The molecule has 0 saturated carbocycles. The van der Waals surface area contributed by atoms with Crippen molar-refractivity contribution in [3.63, 3.8) is 0 Å². The van der Waals surface area contributed by atoms with Gasteiger partial charge in [-0.3, -0.25) is 9.40 Å². The van der Waals surface area contributed by atoms with Crippen LogP contribution in [0.3, 0.4) is 0 Å². The second-order valence-corrected chi connectivity index (χ2v) is 6.58. The number of hydrogen-bond donors (Lipinski definition) is 1. The van der Waals surface area contributed by atoms with Gasteiger partial charge in [-0.15, -0.1) is 0 Å². The number of nitrogens with one attached hydrogen (secondary N) is 1. The van der Waals surface area contributed by atoms with Crippen molar-refractivity contribution in [2.24, 2.45) is 0 Å². The van der Waals surface area contributed by atoms with Crippen LogP contribution in [0.4, 0.5) is 10.1 Å². The van der Waals surface area contributed by atoms with E-state index in [0.29, 0.717) is 17.9 Å². The molecule has 2 aromatic rings. The minimum atomic E-state index is -3.81. The van der Waals surface area contributed by atoms with Crippen LogP contribution in [0.2, 0.25) is 5.02 Å². The molecule has 0 bridgehead atoms. The lowest BCUT2D eigenvalue weighted by molar-refractivity contribution is 0.598. The van der Waals surface area contributed by atoms with Crippen LogP contribution in [0.25, 0.3) is 0 Å². The van der Waals surface area contributed by atoms with Crippen LogP contribution in [0.5, 0.6) is 0 Å². The molecule has 1 heterocycles. The first-order valence-corrected chi connectivity index (χ1v) is 8.14. The summed E-state index contributed by atoms with van der Waals surface area (Å²) in [5.74, 6) is -0.606. The quantitative estimate of drug-likeness (QED) is 0.936. The topological polar surface area (TPSA) is 64.0 Å². The van der Waals surface area contributed by atoms with Gasteiger partial charge in [-0.25, -0.2) is 12.8 Å². The Labute approximate surface area is 127 Å². The van der Waals surface area contributed by atoms with Gasteiger partial charge in [0.25, 0.3) is 10.0 Å². The zero-order valence-electron chi connectivity index (χ0n) is 11.8. The highest BCUT2D eigenvalue weighted by atomic mass is 35.5. The molecule has 5 nitrogen and oxygen atoms in total. The van der Waals surface area contributed by atoms with E-state index in [1.165, 1.54) is 12.1 Å². The Balaban J connectivity index is 2.43. The van der Waals surface area contributed by atoms with Gasteiger partial charge in [-0.2, -0.15) is 5.10 Å². The molecule has 1 aromatic carbocycles.